The van der Waals surface area contributed by atoms with E-state index in [4.69, 9.17) is 4.74 Å². The summed E-state index contributed by atoms with van der Waals surface area (Å²) in [6.07, 6.45) is 2.30. The first-order valence-corrected chi connectivity index (χ1v) is 5.96. The molecule has 2 aromatic rings. The minimum Gasteiger partial charge on any atom is -0.461 e. The fourth-order valence-electron chi connectivity index (χ4n) is 1.78. The van der Waals surface area contributed by atoms with Gasteiger partial charge in [-0.05, 0) is 30.5 Å². The van der Waals surface area contributed by atoms with Crippen molar-refractivity contribution in [1.82, 2.24) is 4.98 Å². The molecule has 3 nitrogen and oxygen atoms in total. The van der Waals surface area contributed by atoms with E-state index in [0.717, 1.165) is 11.1 Å². The van der Waals surface area contributed by atoms with Crippen LogP contribution < -0.4 is 0 Å². The van der Waals surface area contributed by atoms with Crippen LogP contribution in [-0.4, -0.2) is 17.6 Å². The summed E-state index contributed by atoms with van der Waals surface area (Å²) < 4.78 is 5.00. The number of rotatable bonds is 4. The van der Waals surface area contributed by atoms with Gasteiger partial charge in [-0.15, -0.1) is 0 Å². The molecule has 0 saturated carbocycles. The number of nitrogens with zero attached hydrogens (tertiary/aromatic N) is 1. The molecule has 0 amide bonds. The predicted octanol–water partition coefficient (Wildman–Crippen LogP) is 2.85. The molecule has 0 saturated heterocycles. The molecule has 2 rings (SSSR count). The van der Waals surface area contributed by atoms with E-state index in [1.165, 1.54) is 0 Å². The third-order valence-electron chi connectivity index (χ3n) is 2.60. The number of carbonyl (C=O) groups excluding carboxylic acids is 1. The average molecular weight is 241 g/mol. The topological polar surface area (TPSA) is 39.2 Å². The number of hydrogen-bond acceptors (Lipinski definition) is 3. The Morgan fingerprint density at radius 3 is 2.67 bits per heavy atom. The molecule has 18 heavy (non-hydrogen) atoms. The highest BCUT2D eigenvalue weighted by Crippen LogP contribution is 2.13. The molecule has 0 bridgehead atoms. The summed E-state index contributed by atoms with van der Waals surface area (Å²) in [7, 11) is 0. The van der Waals surface area contributed by atoms with Gasteiger partial charge in [-0.1, -0.05) is 36.4 Å². The molecule has 92 valence electrons. The summed E-state index contributed by atoms with van der Waals surface area (Å²) in [5.41, 5.74) is 2.45. The minimum atomic E-state index is -0.357. The standard InChI is InChI=1S/C15H15NO2/c1-2-18-15(17)14-13(9-6-10-16-14)11-12-7-4-3-5-8-12/h3-10H,2,11H2,1H3. The summed E-state index contributed by atoms with van der Waals surface area (Å²) in [5.74, 6) is -0.357. The summed E-state index contributed by atoms with van der Waals surface area (Å²) in [5, 5.41) is 0. The van der Waals surface area contributed by atoms with Crippen LogP contribution in [0.15, 0.2) is 48.7 Å². The zero-order chi connectivity index (χ0) is 12.8. The van der Waals surface area contributed by atoms with Crippen molar-refractivity contribution in [1.29, 1.82) is 0 Å². The third kappa shape index (κ3) is 2.94. The molecule has 1 aromatic heterocycles. The predicted molar refractivity (Wildman–Crippen MR) is 69.4 cm³/mol. The van der Waals surface area contributed by atoms with Crippen LogP contribution in [0.3, 0.4) is 0 Å². The van der Waals surface area contributed by atoms with Crippen LogP contribution in [0.4, 0.5) is 0 Å². The maximum absolute atomic E-state index is 11.8. The summed E-state index contributed by atoms with van der Waals surface area (Å²) >= 11 is 0. The van der Waals surface area contributed by atoms with Crippen molar-refractivity contribution >= 4 is 5.97 Å². The summed E-state index contributed by atoms with van der Waals surface area (Å²) in [6, 6.07) is 13.7. The van der Waals surface area contributed by atoms with Crippen LogP contribution in [0.2, 0.25) is 0 Å². The van der Waals surface area contributed by atoms with Crippen molar-refractivity contribution in [2.24, 2.45) is 0 Å². The van der Waals surface area contributed by atoms with Gasteiger partial charge in [0.15, 0.2) is 5.69 Å². The summed E-state index contributed by atoms with van der Waals surface area (Å²) in [4.78, 5) is 15.9. The van der Waals surface area contributed by atoms with Gasteiger partial charge in [0.2, 0.25) is 0 Å². The maximum Gasteiger partial charge on any atom is 0.357 e. The molecule has 0 aliphatic heterocycles. The Morgan fingerprint density at radius 1 is 1.17 bits per heavy atom. The van der Waals surface area contributed by atoms with Crippen LogP contribution in [0.25, 0.3) is 0 Å². The largest absolute Gasteiger partial charge is 0.461 e. The smallest absolute Gasteiger partial charge is 0.357 e. The Balaban J connectivity index is 2.25. The first-order valence-electron chi connectivity index (χ1n) is 5.96. The van der Waals surface area contributed by atoms with Crippen molar-refractivity contribution in [3.05, 3.63) is 65.5 Å². The van der Waals surface area contributed by atoms with Gasteiger partial charge in [0.1, 0.15) is 0 Å². The van der Waals surface area contributed by atoms with E-state index >= 15 is 0 Å². The number of aromatic nitrogens is 1. The van der Waals surface area contributed by atoms with E-state index in [-0.39, 0.29) is 5.97 Å². The Morgan fingerprint density at radius 2 is 1.94 bits per heavy atom. The first kappa shape index (κ1) is 12.3. The van der Waals surface area contributed by atoms with Crippen LogP contribution in [0, 0.1) is 0 Å². The molecule has 0 unspecified atom stereocenters. The van der Waals surface area contributed by atoms with E-state index in [1.54, 1.807) is 13.1 Å². The lowest BCUT2D eigenvalue weighted by molar-refractivity contribution is 0.0518. The summed E-state index contributed by atoms with van der Waals surface area (Å²) in [6.45, 7) is 2.15. The van der Waals surface area contributed by atoms with Crippen LogP contribution in [-0.2, 0) is 11.2 Å². The van der Waals surface area contributed by atoms with Crippen molar-refractivity contribution in [2.75, 3.05) is 6.61 Å². The van der Waals surface area contributed by atoms with E-state index in [1.807, 2.05) is 42.5 Å². The van der Waals surface area contributed by atoms with Crippen LogP contribution >= 0.6 is 0 Å². The first-order chi connectivity index (χ1) is 8.81. The molecule has 1 aromatic carbocycles. The molecule has 0 fully saturated rings. The highest BCUT2D eigenvalue weighted by atomic mass is 16.5. The van der Waals surface area contributed by atoms with Gasteiger partial charge in [0.05, 0.1) is 6.61 Å². The van der Waals surface area contributed by atoms with Gasteiger partial charge in [0, 0.05) is 6.20 Å². The highest BCUT2D eigenvalue weighted by Gasteiger charge is 2.13. The second-order valence-corrected chi connectivity index (χ2v) is 3.89. The van der Waals surface area contributed by atoms with Crippen molar-refractivity contribution in [3.8, 4) is 0 Å². The fraction of sp³-hybridized carbons (Fsp3) is 0.200. The molecule has 0 aliphatic rings. The van der Waals surface area contributed by atoms with Crippen molar-refractivity contribution in [2.45, 2.75) is 13.3 Å². The van der Waals surface area contributed by atoms with Gasteiger partial charge in [-0.25, -0.2) is 9.78 Å². The fourth-order valence-corrected chi connectivity index (χ4v) is 1.78. The monoisotopic (exact) mass is 241 g/mol. The second kappa shape index (κ2) is 5.96. The van der Waals surface area contributed by atoms with E-state index in [2.05, 4.69) is 4.98 Å². The number of hydrogen-bond donors (Lipinski definition) is 0. The third-order valence-corrected chi connectivity index (χ3v) is 2.60. The van der Waals surface area contributed by atoms with Gasteiger partial charge >= 0.3 is 5.97 Å². The molecule has 0 atom stereocenters. The number of ether oxygens (including phenoxy) is 1. The van der Waals surface area contributed by atoms with Gasteiger partial charge in [-0.2, -0.15) is 0 Å². The molecule has 0 radical (unpaired) electrons. The van der Waals surface area contributed by atoms with Crippen LogP contribution in [0.5, 0.6) is 0 Å². The Hall–Kier alpha value is -2.16. The Bertz CT molecular complexity index is 523. The van der Waals surface area contributed by atoms with E-state index < -0.39 is 0 Å². The van der Waals surface area contributed by atoms with Crippen LogP contribution in [0.1, 0.15) is 28.5 Å². The lowest BCUT2D eigenvalue weighted by Crippen LogP contribution is -2.10. The van der Waals surface area contributed by atoms with Crippen molar-refractivity contribution < 1.29 is 9.53 Å². The van der Waals surface area contributed by atoms with Gasteiger partial charge in [0.25, 0.3) is 0 Å². The van der Waals surface area contributed by atoms with E-state index in [0.29, 0.717) is 18.7 Å². The molecular weight excluding hydrogens is 226 g/mol. The zero-order valence-corrected chi connectivity index (χ0v) is 10.3. The molecule has 0 aliphatic carbocycles. The van der Waals surface area contributed by atoms with Gasteiger partial charge in [-0.3, -0.25) is 0 Å². The SMILES string of the molecule is CCOC(=O)c1ncccc1Cc1ccccc1. The molecule has 0 spiro atoms. The van der Waals surface area contributed by atoms with Gasteiger partial charge < -0.3 is 4.74 Å². The number of carbonyl (C=O) groups is 1. The number of esters is 1. The lowest BCUT2D eigenvalue weighted by Gasteiger charge is -2.07. The Labute approximate surface area is 106 Å². The van der Waals surface area contributed by atoms with E-state index in [9.17, 15) is 4.79 Å². The molecule has 3 heteroatoms. The quantitative estimate of drug-likeness (QED) is 0.773. The average Bonchev–Trinajstić information content (AvgIpc) is 2.41. The number of benzene rings is 1. The lowest BCUT2D eigenvalue weighted by atomic mass is 10.0. The number of pyridine rings is 1. The normalized spacial score (nSPS) is 10.1. The molecule has 1 heterocycles. The zero-order valence-electron chi connectivity index (χ0n) is 10.3. The van der Waals surface area contributed by atoms with Crippen molar-refractivity contribution in [3.63, 3.8) is 0 Å². The Kier molecular flexibility index (Phi) is 4.07. The minimum absolute atomic E-state index is 0.357. The molecular formula is C15H15NO2. The molecule has 0 N–H and O–H groups in total. The highest BCUT2D eigenvalue weighted by molar-refractivity contribution is 5.88. The maximum atomic E-state index is 11.8. The second-order valence-electron chi connectivity index (χ2n) is 3.89.